The van der Waals surface area contributed by atoms with Crippen LogP contribution in [0.2, 0.25) is 0 Å². The maximum atomic E-state index is 11.4. The van der Waals surface area contributed by atoms with E-state index in [0.717, 1.165) is 18.0 Å². The maximum absolute atomic E-state index is 11.4. The summed E-state index contributed by atoms with van der Waals surface area (Å²) in [7, 11) is 0. The second-order valence-corrected chi connectivity index (χ2v) is 3.77. The molecular formula is C8H13NOS. The first-order valence-electron chi connectivity index (χ1n) is 3.87. The van der Waals surface area contributed by atoms with Gasteiger partial charge in [-0.05, 0) is 13.3 Å². The summed E-state index contributed by atoms with van der Waals surface area (Å²) in [6, 6.07) is 0. The molecule has 0 N–H and O–H groups in total. The van der Waals surface area contributed by atoms with Crippen LogP contribution in [0.5, 0.6) is 0 Å². The first-order chi connectivity index (χ1) is 5.20. The lowest BCUT2D eigenvalue weighted by molar-refractivity contribution is -0.127. The minimum Gasteiger partial charge on any atom is -0.307 e. The first kappa shape index (κ1) is 8.65. The van der Waals surface area contributed by atoms with Crippen molar-refractivity contribution in [1.29, 1.82) is 0 Å². The van der Waals surface area contributed by atoms with E-state index in [1.807, 2.05) is 13.8 Å². The average Bonchev–Trinajstić information content (AvgIpc) is 2.26. The van der Waals surface area contributed by atoms with Gasteiger partial charge in [-0.25, -0.2) is 0 Å². The van der Waals surface area contributed by atoms with Crippen molar-refractivity contribution in [1.82, 2.24) is 4.90 Å². The molecule has 0 aromatic heterocycles. The number of hydrogen-bond donors (Lipinski definition) is 0. The molecule has 0 aromatic carbocycles. The van der Waals surface area contributed by atoms with Gasteiger partial charge >= 0.3 is 0 Å². The van der Waals surface area contributed by atoms with Crippen LogP contribution in [0.15, 0.2) is 11.6 Å². The van der Waals surface area contributed by atoms with Crippen LogP contribution >= 0.6 is 11.8 Å². The number of carbonyl (C=O) groups excluding carboxylic acids is 1. The zero-order valence-corrected chi connectivity index (χ0v) is 7.78. The molecule has 0 radical (unpaired) electrons. The third kappa shape index (κ3) is 1.43. The highest BCUT2D eigenvalue weighted by molar-refractivity contribution is 8.04. The predicted octanol–water partition coefficient (Wildman–Crippen LogP) is 1.83. The van der Waals surface area contributed by atoms with Crippen LogP contribution in [-0.4, -0.2) is 22.6 Å². The van der Waals surface area contributed by atoms with E-state index < -0.39 is 0 Å². The Morgan fingerprint density at radius 2 is 2.27 bits per heavy atom. The van der Waals surface area contributed by atoms with Gasteiger partial charge in [0.15, 0.2) is 0 Å². The van der Waals surface area contributed by atoms with Crippen LogP contribution in [0.1, 0.15) is 20.3 Å². The summed E-state index contributed by atoms with van der Waals surface area (Å²) in [5.41, 5.74) is 0. The second kappa shape index (κ2) is 3.30. The summed E-state index contributed by atoms with van der Waals surface area (Å²) in [6.45, 7) is 8.58. The second-order valence-electron chi connectivity index (χ2n) is 2.49. The summed E-state index contributed by atoms with van der Waals surface area (Å²) in [5.74, 6) is 0.227. The molecule has 0 aromatic rings. The minimum absolute atomic E-state index is 0.127. The Morgan fingerprint density at radius 1 is 1.64 bits per heavy atom. The summed E-state index contributed by atoms with van der Waals surface area (Å²) in [4.78, 5) is 13.2. The number of thioether (sulfide) groups is 1. The van der Waals surface area contributed by atoms with Crippen molar-refractivity contribution in [3.8, 4) is 0 Å². The summed E-state index contributed by atoms with van der Waals surface area (Å²) < 4.78 is 0. The molecule has 62 valence electrons. The van der Waals surface area contributed by atoms with Crippen molar-refractivity contribution in [2.75, 3.05) is 6.54 Å². The quantitative estimate of drug-likeness (QED) is 0.631. The minimum atomic E-state index is 0.127. The summed E-state index contributed by atoms with van der Waals surface area (Å²) in [6.07, 6.45) is 0.902. The highest BCUT2D eigenvalue weighted by Crippen LogP contribution is 2.34. The third-order valence-electron chi connectivity index (χ3n) is 1.81. The van der Waals surface area contributed by atoms with Gasteiger partial charge in [-0.2, -0.15) is 0 Å². The van der Waals surface area contributed by atoms with E-state index in [4.69, 9.17) is 0 Å². The van der Waals surface area contributed by atoms with E-state index in [1.54, 1.807) is 16.7 Å². The lowest BCUT2D eigenvalue weighted by Crippen LogP contribution is -2.27. The highest BCUT2D eigenvalue weighted by Gasteiger charge is 2.32. The van der Waals surface area contributed by atoms with Gasteiger partial charge in [0.05, 0.1) is 10.3 Å². The lowest BCUT2D eigenvalue weighted by Gasteiger charge is -2.12. The molecule has 0 spiro atoms. The van der Waals surface area contributed by atoms with Gasteiger partial charge in [0.2, 0.25) is 5.91 Å². The van der Waals surface area contributed by atoms with Gasteiger partial charge in [-0.15, -0.1) is 0 Å². The van der Waals surface area contributed by atoms with Gasteiger partial charge in [-0.3, -0.25) is 4.79 Å². The van der Waals surface area contributed by atoms with Gasteiger partial charge < -0.3 is 4.90 Å². The fourth-order valence-electron chi connectivity index (χ4n) is 1.17. The molecule has 0 saturated carbocycles. The number of hydrogen-bond acceptors (Lipinski definition) is 2. The van der Waals surface area contributed by atoms with E-state index in [9.17, 15) is 4.79 Å². The number of carbonyl (C=O) groups is 1. The van der Waals surface area contributed by atoms with Crippen molar-refractivity contribution in [2.45, 2.75) is 25.5 Å². The smallest absolute Gasteiger partial charge is 0.240 e. The zero-order chi connectivity index (χ0) is 8.43. The van der Waals surface area contributed by atoms with Crippen LogP contribution in [0.3, 0.4) is 0 Å². The molecule has 1 amide bonds. The average molecular weight is 171 g/mol. The molecule has 0 bridgehead atoms. The number of amides is 1. The Labute approximate surface area is 71.6 Å². The van der Waals surface area contributed by atoms with Crippen molar-refractivity contribution in [2.24, 2.45) is 0 Å². The van der Waals surface area contributed by atoms with Crippen LogP contribution in [0.4, 0.5) is 0 Å². The molecule has 1 heterocycles. The summed E-state index contributed by atoms with van der Waals surface area (Å²) in [5, 5.41) is 1.03. The molecule has 3 heteroatoms. The standard InChI is InChI=1S/C8H13NOS/c1-4-7-8(10)9(5-2)6(3)11-7/h7H,3-5H2,1-2H3/t7-/m1/s1. The van der Waals surface area contributed by atoms with E-state index in [-0.39, 0.29) is 11.2 Å². The largest absolute Gasteiger partial charge is 0.307 e. The van der Waals surface area contributed by atoms with Crippen LogP contribution < -0.4 is 0 Å². The zero-order valence-electron chi connectivity index (χ0n) is 6.96. The van der Waals surface area contributed by atoms with E-state index in [1.165, 1.54) is 0 Å². The normalized spacial score (nSPS) is 24.9. The molecule has 0 unspecified atom stereocenters. The van der Waals surface area contributed by atoms with Gasteiger partial charge in [0.25, 0.3) is 0 Å². The first-order valence-corrected chi connectivity index (χ1v) is 4.75. The molecule has 1 fully saturated rings. The molecule has 1 atom stereocenters. The van der Waals surface area contributed by atoms with Crippen LogP contribution in [-0.2, 0) is 4.79 Å². The maximum Gasteiger partial charge on any atom is 0.240 e. The Balaban J connectivity index is 2.71. The highest BCUT2D eigenvalue weighted by atomic mass is 32.2. The Bertz CT molecular complexity index is 191. The van der Waals surface area contributed by atoms with Crippen LogP contribution in [0, 0.1) is 0 Å². The molecule has 0 aliphatic carbocycles. The van der Waals surface area contributed by atoms with Gasteiger partial charge in [0.1, 0.15) is 0 Å². The van der Waals surface area contributed by atoms with Crippen molar-refractivity contribution in [3.05, 3.63) is 11.6 Å². The van der Waals surface area contributed by atoms with Gasteiger partial charge in [0, 0.05) is 6.54 Å². The number of rotatable bonds is 2. The molecule has 1 aliphatic rings. The Hall–Kier alpha value is -0.440. The van der Waals surface area contributed by atoms with Crippen molar-refractivity contribution < 1.29 is 4.79 Å². The monoisotopic (exact) mass is 171 g/mol. The predicted molar refractivity (Wildman–Crippen MR) is 48.2 cm³/mol. The van der Waals surface area contributed by atoms with E-state index in [2.05, 4.69) is 6.58 Å². The summed E-state index contributed by atoms with van der Waals surface area (Å²) >= 11 is 1.59. The molecule has 1 saturated heterocycles. The fourth-order valence-corrected chi connectivity index (χ4v) is 2.23. The Kier molecular flexibility index (Phi) is 2.60. The van der Waals surface area contributed by atoms with Gasteiger partial charge in [-0.1, -0.05) is 25.3 Å². The van der Waals surface area contributed by atoms with E-state index >= 15 is 0 Å². The molecule has 1 aliphatic heterocycles. The lowest BCUT2D eigenvalue weighted by atomic mass is 10.3. The molecule has 1 rings (SSSR count). The van der Waals surface area contributed by atoms with E-state index in [0.29, 0.717) is 0 Å². The molecule has 2 nitrogen and oxygen atoms in total. The SMILES string of the molecule is C=C1S[C@H](CC)C(=O)N1CC. The topological polar surface area (TPSA) is 20.3 Å². The fraction of sp³-hybridized carbons (Fsp3) is 0.625. The van der Waals surface area contributed by atoms with Crippen molar-refractivity contribution in [3.63, 3.8) is 0 Å². The molecular weight excluding hydrogens is 158 g/mol. The Morgan fingerprint density at radius 3 is 2.55 bits per heavy atom. The number of nitrogens with zero attached hydrogens (tertiary/aromatic N) is 1. The molecule has 11 heavy (non-hydrogen) atoms. The van der Waals surface area contributed by atoms with Crippen LogP contribution in [0.25, 0.3) is 0 Å². The van der Waals surface area contributed by atoms with Crippen molar-refractivity contribution >= 4 is 17.7 Å². The third-order valence-corrected chi connectivity index (χ3v) is 3.12.